The highest BCUT2D eigenvalue weighted by molar-refractivity contribution is 5.86. The van der Waals surface area contributed by atoms with Gasteiger partial charge in [0.1, 0.15) is 5.75 Å². The quantitative estimate of drug-likeness (QED) is 0.290. The lowest BCUT2D eigenvalue weighted by molar-refractivity contribution is -0.459. The molecule has 1 atom stereocenters. The minimum atomic E-state index is -0.495. The zero-order valence-electron chi connectivity index (χ0n) is 11.0. The van der Waals surface area contributed by atoms with Crippen molar-refractivity contribution in [2.24, 2.45) is 10.3 Å². The molecule has 1 rings (SSSR count). The van der Waals surface area contributed by atoms with Crippen LogP contribution in [0.5, 0.6) is 5.75 Å². The minimum absolute atomic E-state index is 0.355. The molecule has 0 aliphatic carbocycles. The third-order valence-corrected chi connectivity index (χ3v) is 2.41. The van der Waals surface area contributed by atoms with Crippen molar-refractivity contribution in [1.82, 2.24) is 4.98 Å². The van der Waals surface area contributed by atoms with E-state index in [0.717, 1.165) is 0 Å². The molecule has 0 aliphatic heterocycles. The average molecular weight is 264 g/mol. The maximum Gasteiger partial charge on any atom is 0.211 e. The SMILES string of the molecule is COc1ccnc(C=C[N+]([O-])=NC(C)C(C)=NO)c1. The highest BCUT2D eigenvalue weighted by Gasteiger charge is 2.08. The summed E-state index contributed by atoms with van der Waals surface area (Å²) in [6.45, 7) is 3.23. The van der Waals surface area contributed by atoms with E-state index < -0.39 is 6.04 Å². The number of nitrogens with zero attached hydrogens (tertiary/aromatic N) is 4. The van der Waals surface area contributed by atoms with Gasteiger partial charge in [0, 0.05) is 18.3 Å². The summed E-state index contributed by atoms with van der Waals surface area (Å²) in [6.07, 6.45) is 4.32. The van der Waals surface area contributed by atoms with Crippen LogP contribution in [0.1, 0.15) is 19.5 Å². The van der Waals surface area contributed by atoms with Crippen LogP contribution >= 0.6 is 0 Å². The second kappa shape index (κ2) is 7.10. The molecule has 0 bridgehead atoms. The van der Waals surface area contributed by atoms with E-state index in [-0.39, 0.29) is 0 Å². The fourth-order valence-electron chi connectivity index (χ4n) is 1.16. The highest BCUT2D eigenvalue weighted by atomic mass is 16.5. The molecule has 1 heterocycles. The van der Waals surface area contributed by atoms with Crippen LogP contribution in [-0.4, -0.2) is 33.9 Å². The fraction of sp³-hybridized carbons (Fsp3) is 0.333. The van der Waals surface area contributed by atoms with Gasteiger partial charge >= 0.3 is 0 Å². The monoisotopic (exact) mass is 264 g/mol. The van der Waals surface area contributed by atoms with Crippen LogP contribution in [-0.2, 0) is 0 Å². The van der Waals surface area contributed by atoms with Crippen molar-refractivity contribution >= 4 is 11.8 Å². The first-order chi connectivity index (χ1) is 9.06. The second-order valence-electron chi connectivity index (χ2n) is 3.77. The fourth-order valence-corrected chi connectivity index (χ4v) is 1.16. The van der Waals surface area contributed by atoms with Gasteiger partial charge in [0.2, 0.25) is 6.20 Å². The first-order valence-corrected chi connectivity index (χ1v) is 5.60. The van der Waals surface area contributed by atoms with Gasteiger partial charge in [0.25, 0.3) is 0 Å². The zero-order chi connectivity index (χ0) is 14.3. The van der Waals surface area contributed by atoms with E-state index in [2.05, 4.69) is 15.3 Å². The summed E-state index contributed by atoms with van der Waals surface area (Å²) >= 11 is 0. The zero-order valence-corrected chi connectivity index (χ0v) is 11.0. The molecule has 0 aliphatic rings. The van der Waals surface area contributed by atoms with Gasteiger partial charge in [-0.25, -0.2) is 0 Å². The molecule has 0 saturated heterocycles. The third kappa shape index (κ3) is 4.74. The number of azo groups is 1. The number of hydroxylamine groups is 1. The van der Waals surface area contributed by atoms with Crippen molar-refractivity contribution in [3.05, 3.63) is 35.4 Å². The Morgan fingerprint density at radius 1 is 1.63 bits per heavy atom. The Kier molecular flexibility index (Phi) is 5.46. The molecule has 0 radical (unpaired) electrons. The topological polar surface area (TPSA) is 93.1 Å². The lowest BCUT2D eigenvalue weighted by Crippen LogP contribution is -2.12. The van der Waals surface area contributed by atoms with Crippen LogP contribution in [0.3, 0.4) is 0 Å². The van der Waals surface area contributed by atoms with Crippen molar-refractivity contribution < 1.29 is 14.8 Å². The first kappa shape index (κ1) is 14.6. The molecule has 0 amide bonds. The van der Waals surface area contributed by atoms with E-state index in [4.69, 9.17) is 9.94 Å². The lowest BCUT2D eigenvalue weighted by Gasteiger charge is -2.01. The summed E-state index contributed by atoms with van der Waals surface area (Å²) in [4.78, 5) is 4.46. The van der Waals surface area contributed by atoms with Gasteiger partial charge < -0.3 is 15.2 Å². The number of rotatable bonds is 5. The van der Waals surface area contributed by atoms with Gasteiger partial charge in [-0.2, -0.15) is 0 Å². The number of pyridine rings is 1. The van der Waals surface area contributed by atoms with E-state index in [1.165, 1.54) is 12.3 Å². The maximum atomic E-state index is 11.5. The van der Waals surface area contributed by atoms with Crippen molar-refractivity contribution in [2.45, 2.75) is 19.9 Å². The van der Waals surface area contributed by atoms with E-state index in [9.17, 15) is 5.21 Å². The summed E-state index contributed by atoms with van der Waals surface area (Å²) in [5, 5.41) is 26.8. The highest BCUT2D eigenvalue weighted by Crippen LogP contribution is 2.10. The summed E-state index contributed by atoms with van der Waals surface area (Å²) in [6, 6.07) is 2.90. The van der Waals surface area contributed by atoms with E-state index in [0.29, 0.717) is 22.0 Å². The number of hydrogen-bond donors (Lipinski definition) is 1. The molecule has 0 aromatic carbocycles. The third-order valence-electron chi connectivity index (χ3n) is 2.41. The van der Waals surface area contributed by atoms with Crippen LogP contribution < -0.4 is 4.74 Å². The van der Waals surface area contributed by atoms with Crippen LogP contribution in [0, 0.1) is 5.21 Å². The van der Waals surface area contributed by atoms with Crippen LogP contribution in [0.15, 0.2) is 34.8 Å². The first-order valence-electron chi connectivity index (χ1n) is 5.60. The van der Waals surface area contributed by atoms with E-state index in [1.807, 2.05) is 0 Å². The summed E-state index contributed by atoms with van der Waals surface area (Å²) in [7, 11) is 1.55. The van der Waals surface area contributed by atoms with Gasteiger partial charge in [-0.05, 0) is 25.0 Å². The molecular weight excluding hydrogens is 248 g/mol. The summed E-state index contributed by atoms with van der Waals surface area (Å²) in [5.74, 6) is 0.653. The van der Waals surface area contributed by atoms with Gasteiger partial charge in [0.15, 0.2) is 6.04 Å². The molecular formula is C12H16N4O3. The Morgan fingerprint density at radius 2 is 2.37 bits per heavy atom. The van der Waals surface area contributed by atoms with Gasteiger partial charge in [-0.3, -0.25) is 4.98 Å². The normalized spacial score (nSPS) is 14.7. The van der Waals surface area contributed by atoms with Crippen molar-refractivity contribution in [1.29, 1.82) is 0 Å². The maximum absolute atomic E-state index is 11.5. The molecule has 0 saturated carbocycles. The molecule has 102 valence electrons. The average Bonchev–Trinajstić information content (AvgIpc) is 2.44. The van der Waals surface area contributed by atoms with Gasteiger partial charge in [0.05, 0.1) is 18.5 Å². The van der Waals surface area contributed by atoms with E-state index in [1.54, 1.807) is 39.3 Å². The molecule has 1 aromatic heterocycles. The van der Waals surface area contributed by atoms with Crippen LogP contribution in [0.25, 0.3) is 6.08 Å². The second-order valence-corrected chi connectivity index (χ2v) is 3.77. The number of methoxy groups -OCH3 is 1. The van der Waals surface area contributed by atoms with Crippen molar-refractivity contribution in [3.63, 3.8) is 0 Å². The summed E-state index contributed by atoms with van der Waals surface area (Å²) in [5.41, 5.74) is 0.935. The molecule has 19 heavy (non-hydrogen) atoms. The summed E-state index contributed by atoms with van der Waals surface area (Å²) < 4.78 is 5.04. The molecule has 1 aromatic rings. The molecule has 7 heteroatoms. The molecule has 0 spiro atoms. The smallest absolute Gasteiger partial charge is 0.211 e. The minimum Gasteiger partial charge on any atom is -0.595 e. The number of aromatic nitrogens is 1. The van der Waals surface area contributed by atoms with Crippen molar-refractivity contribution in [2.75, 3.05) is 7.11 Å². The Hall–Kier alpha value is -2.44. The van der Waals surface area contributed by atoms with Crippen molar-refractivity contribution in [3.8, 4) is 5.75 Å². The van der Waals surface area contributed by atoms with Crippen LogP contribution in [0.2, 0.25) is 0 Å². The number of hydrogen-bond acceptors (Lipinski definition) is 6. The Balaban J connectivity index is 2.77. The Morgan fingerprint density at radius 3 is 3.00 bits per heavy atom. The Bertz CT molecular complexity index is 511. The molecule has 1 unspecified atom stereocenters. The predicted octanol–water partition coefficient (Wildman–Crippen LogP) is 2.26. The number of ether oxygens (including phenoxy) is 1. The number of oxime groups is 1. The predicted molar refractivity (Wildman–Crippen MR) is 70.2 cm³/mol. The molecule has 7 nitrogen and oxygen atoms in total. The van der Waals surface area contributed by atoms with Gasteiger partial charge in [-0.1, -0.05) is 10.0 Å². The lowest BCUT2D eigenvalue weighted by atomic mass is 10.2. The Labute approximate surface area is 111 Å². The van der Waals surface area contributed by atoms with E-state index >= 15 is 0 Å². The van der Waals surface area contributed by atoms with Crippen LogP contribution in [0.4, 0.5) is 0 Å². The molecule has 0 fully saturated rings. The molecule has 1 N–H and O–H groups in total. The van der Waals surface area contributed by atoms with Gasteiger partial charge in [-0.15, -0.1) is 0 Å². The largest absolute Gasteiger partial charge is 0.595 e. The standard InChI is InChI=1S/C12H16N4O3/c1-9(10(2)15-17)14-16(18)7-5-11-8-12(19-3)4-6-13-11/h4-9,17H,1-3H3.